The van der Waals surface area contributed by atoms with E-state index in [0.29, 0.717) is 5.82 Å². The van der Waals surface area contributed by atoms with Crippen molar-refractivity contribution in [2.45, 2.75) is 18.9 Å². The van der Waals surface area contributed by atoms with Crippen LogP contribution >= 0.6 is 0 Å². The molecule has 19 heavy (non-hydrogen) atoms. The summed E-state index contributed by atoms with van der Waals surface area (Å²) in [5.41, 5.74) is 8.79. The van der Waals surface area contributed by atoms with Gasteiger partial charge in [0.15, 0.2) is 5.69 Å². The summed E-state index contributed by atoms with van der Waals surface area (Å²) in [6, 6.07) is 8.44. The number of esters is 1. The maximum atomic E-state index is 11.5. The van der Waals surface area contributed by atoms with E-state index in [1.54, 1.807) is 6.33 Å². The third-order valence-electron chi connectivity index (χ3n) is 3.65. The highest BCUT2D eigenvalue weighted by Crippen LogP contribution is 2.35. The number of methoxy groups -OCH3 is 1. The smallest absolute Gasteiger partial charge is 0.360 e. The summed E-state index contributed by atoms with van der Waals surface area (Å²) in [5, 5.41) is 0. The van der Waals surface area contributed by atoms with Crippen LogP contribution in [0.15, 0.2) is 30.6 Å². The number of aromatic nitrogens is 2. The number of nitrogens with zero attached hydrogens (tertiary/aromatic N) is 2. The number of fused-ring (bicyclic) bond motifs is 1. The van der Waals surface area contributed by atoms with Gasteiger partial charge in [-0.15, -0.1) is 0 Å². The average Bonchev–Trinajstić information content (AvgIpc) is 3.01. The molecule has 0 saturated carbocycles. The van der Waals surface area contributed by atoms with Crippen molar-refractivity contribution in [3.63, 3.8) is 0 Å². The summed E-state index contributed by atoms with van der Waals surface area (Å²) in [6.07, 6.45) is 3.61. The molecule has 0 spiro atoms. The van der Waals surface area contributed by atoms with Crippen LogP contribution in [0.1, 0.15) is 34.1 Å². The second-order valence-electron chi connectivity index (χ2n) is 4.63. The number of hydrogen-bond acceptors (Lipinski definition) is 4. The lowest BCUT2D eigenvalue weighted by atomic mass is 10.1. The Morgan fingerprint density at radius 1 is 1.47 bits per heavy atom. The van der Waals surface area contributed by atoms with E-state index in [2.05, 4.69) is 21.9 Å². The van der Waals surface area contributed by atoms with Crippen molar-refractivity contribution in [3.05, 3.63) is 47.4 Å². The second kappa shape index (κ2) is 4.42. The number of carbonyl (C=O) groups excluding carboxylic acids is 1. The molecular formula is C14H15N3O2. The Hall–Kier alpha value is -2.30. The van der Waals surface area contributed by atoms with Gasteiger partial charge in [0.25, 0.3) is 0 Å². The molecule has 0 radical (unpaired) electrons. The minimum absolute atomic E-state index is 0.155. The lowest BCUT2D eigenvalue weighted by Crippen LogP contribution is -2.12. The van der Waals surface area contributed by atoms with E-state index in [4.69, 9.17) is 5.73 Å². The topological polar surface area (TPSA) is 70.1 Å². The van der Waals surface area contributed by atoms with Gasteiger partial charge in [-0.05, 0) is 24.0 Å². The summed E-state index contributed by atoms with van der Waals surface area (Å²) < 4.78 is 6.53. The molecule has 1 aromatic carbocycles. The molecule has 1 aliphatic rings. The van der Waals surface area contributed by atoms with E-state index in [9.17, 15) is 4.79 Å². The zero-order valence-corrected chi connectivity index (χ0v) is 10.7. The van der Waals surface area contributed by atoms with Crippen molar-refractivity contribution in [2.24, 2.45) is 0 Å². The molecule has 0 aliphatic heterocycles. The molecule has 1 unspecified atom stereocenters. The van der Waals surface area contributed by atoms with Crippen LogP contribution in [0.3, 0.4) is 0 Å². The van der Waals surface area contributed by atoms with Crippen LogP contribution in [-0.4, -0.2) is 22.6 Å². The lowest BCUT2D eigenvalue weighted by molar-refractivity contribution is 0.0596. The molecule has 2 N–H and O–H groups in total. The third kappa shape index (κ3) is 1.78. The molecule has 98 valence electrons. The Morgan fingerprint density at radius 2 is 2.26 bits per heavy atom. The Balaban J connectivity index is 2.01. The predicted molar refractivity (Wildman–Crippen MR) is 70.9 cm³/mol. The van der Waals surface area contributed by atoms with Gasteiger partial charge in [0.2, 0.25) is 0 Å². The van der Waals surface area contributed by atoms with Gasteiger partial charge in [-0.3, -0.25) is 0 Å². The first-order chi connectivity index (χ1) is 9.22. The molecule has 1 heterocycles. The van der Waals surface area contributed by atoms with Gasteiger partial charge in [-0.2, -0.15) is 0 Å². The van der Waals surface area contributed by atoms with Crippen molar-refractivity contribution in [1.29, 1.82) is 0 Å². The molecule has 0 fully saturated rings. The summed E-state index contributed by atoms with van der Waals surface area (Å²) >= 11 is 0. The van der Waals surface area contributed by atoms with Gasteiger partial charge < -0.3 is 15.0 Å². The number of anilines is 1. The average molecular weight is 257 g/mol. The summed E-state index contributed by atoms with van der Waals surface area (Å²) in [5.74, 6) is -0.129. The van der Waals surface area contributed by atoms with E-state index in [0.717, 1.165) is 12.8 Å². The summed E-state index contributed by atoms with van der Waals surface area (Å²) in [4.78, 5) is 15.6. The fourth-order valence-corrected chi connectivity index (χ4v) is 2.70. The fourth-order valence-electron chi connectivity index (χ4n) is 2.70. The number of imidazole rings is 1. The highest BCUT2D eigenvalue weighted by atomic mass is 16.5. The normalized spacial score (nSPS) is 17.2. The van der Waals surface area contributed by atoms with E-state index in [-0.39, 0.29) is 11.7 Å². The number of nitrogen functional groups attached to an aromatic ring is 1. The van der Waals surface area contributed by atoms with Crippen LogP contribution in [0, 0.1) is 0 Å². The molecular weight excluding hydrogens is 242 g/mol. The van der Waals surface area contributed by atoms with Crippen LogP contribution in [0.2, 0.25) is 0 Å². The molecule has 0 saturated heterocycles. The maximum absolute atomic E-state index is 11.5. The van der Waals surface area contributed by atoms with Crippen LogP contribution in [0.25, 0.3) is 0 Å². The highest BCUT2D eigenvalue weighted by molar-refractivity contribution is 5.92. The Kier molecular flexibility index (Phi) is 2.74. The maximum Gasteiger partial charge on any atom is 0.360 e. The first kappa shape index (κ1) is 11.8. The number of benzene rings is 1. The Morgan fingerprint density at radius 3 is 3.05 bits per heavy atom. The van der Waals surface area contributed by atoms with E-state index < -0.39 is 5.97 Å². The first-order valence-electron chi connectivity index (χ1n) is 6.20. The number of hydrogen-bond donors (Lipinski definition) is 1. The van der Waals surface area contributed by atoms with Gasteiger partial charge in [-0.1, -0.05) is 24.3 Å². The highest BCUT2D eigenvalue weighted by Gasteiger charge is 2.27. The summed E-state index contributed by atoms with van der Waals surface area (Å²) in [7, 11) is 1.33. The minimum atomic E-state index is -0.498. The fraction of sp³-hybridized carbons (Fsp3) is 0.286. The van der Waals surface area contributed by atoms with Gasteiger partial charge in [0.1, 0.15) is 5.82 Å². The molecule has 3 rings (SSSR count). The van der Waals surface area contributed by atoms with Gasteiger partial charge in [0.05, 0.1) is 19.5 Å². The van der Waals surface area contributed by atoms with E-state index in [1.165, 1.54) is 18.2 Å². The van der Waals surface area contributed by atoms with Crippen molar-refractivity contribution in [1.82, 2.24) is 9.55 Å². The summed E-state index contributed by atoms with van der Waals surface area (Å²) in [6.45, 7) is 0. The zero-order valence-electron chi connectivity index (χ0n) is 10.7. The molecule has 1 aliphatic carbocycles. The Bertz CT molecular complexity index is 633. The van der Waals surface area contributed by atoms with E-state index in [1.807, 2.05) is 16.7 Å². The zero-order chi connectivity index (χ0) is 13.4. The van der Waals surface area contributed by atoms with Gasteiger partial charge in [-0.25, -0.2) is 9.78 Å². The minimum Gasteiger partial charge on any atom is -0.464 e. The SMILES string of the molecule is COC(=O)c1ncn(C2CCc3ccccc32)c1N. The number of rotatable bonds is 2. The quantitative estimate of drug-likeness (QED) is 0.833. The number of carbonyl (C=O) groups is 1. The van der Waals surface area contributed by atoms with Crippen molar-refractivity contribution >= 4 is 11.8 Å². The van der Waals surface area contributed by atoms with Gasteiger partial charge >= 0.3 is 5.97 Å². The molecule has 2 aromatic rings. The van der Waals surface area contributed by atoms with E-state index >= 15 is 0 Å². The van der Waals surface area contributed by atoms with Crippen LogP contribution in [-0.2, 0) is 11.2 Å². The monoisotopic (exact) mass is 257 g/mol. The lowest BCUT2D eigenvalue weighted by Gasteiger charge is -2.15. The number of aryl methyl sites for hydroxylation is 1. The number of ether oxygens (including phenoxy) is 1. The molecule has 0 amide bonds. The largest absolute Gasteiger partial charge is 0.464 e. The van der Waals surface area contributed by atoms with Crippen molar-refractivity contribution < 1.29 is 9.53 Å². The van der Waals surface area contributed by atoms with Crippen LogP contribution < -0.4 is 5.73 Å². The van der Waals surface area contributed by atoms with Crippen LogP contribution in [0.4, 0.5) is 5.82 Å². The molecule has 1 atom stereocenters. The number of nitrogens with two attached hydrogens (primary N) is 1. The third-order valence-corrected chi connectivity index (χ3v) is 3.65. The van der Waals surface area contributed by atoms with Crippen LogP contribution in [0.5, 0.6) is 0 Å². The van der Waals surface area contributed by atoms with Crippen molar-refractivity contribution in [2.75, 3.05) is 12.8 Å². The Labute approximate surface area is 111 Å². The first-order valence-corrected chi connectivity index (χ1v) is 6.20. The molecule has 0 bridgehead atoms. The standard InChI is InChI=1S/C14H15N3O2/c1-19-14(18)12-13(15)17(8-16-12)11-7-6-9-4-2-3-5-10(9)11/h2-5,8,11H,6-7,15H2,1H3. The molecule has 1 aromatic heterocycles. The predicted octanol–water partition coefficient (Wildman–Crippen LogP) is 1.79. The van der Waals surface area contributed by atoms with Gasteiger partial charge in [0, 0.05) is 0 Å². The second-order valence-corrected chi connectivity index (χ2v) is 4.63. The van der Waals surface area contributed by atoms with Crippen molar-refractivity contribution in [3.8, 4) is 0 Å². The molecule has 5 heteroatoms. The molecule has 5 nitrogen and oxygen atoms in total.